The van der Waals surface area contributed by atoms with Crippen molar-refractivity contribution in [2.45, 2.75) is 53.1 Å². The molecule has 0 radical (unpaired) electrons. The maximum absolute atomic E-state index is 12.4. The molecular formula is C24H28N6O2S. The molecule has 1 aliphatic heterocycles. The molecule has 1 amide bonds. The lowest BCUT2D eigenvalue weighted by atomic mass is 10.0. The van der Waals surface area contributed by atoms with Gasteiger partial charge in [0, 0.05) is 18.0 Å². The van der Waals surface area contributed by atoms with E-state index in [1.54, 1.807) is 17.5 Å². The Hall–Kier alpha value is -3.07. The van der Waals surface area contributed by atoms with E-state index in [2.05, 4.69) is 21.1 Å². The first-order valence-electron chi connectivity index (χ1n) is 11.2. The van der Waals surface area contributed by atoms with Crippen LogP contribution >= 0.6 is 11.3 Å². The largest absolute Gasteiger partial charge is 0.444 e. The number of fused-ring (bicyclic) bond motifs is 2. The number of amides is 1. The van der Waals surface area contributed by atoms with Crippen molar-refractivity contribution < 1.29 is 9.53 Å². The fraction of sp³-hybridized carbons (Fsp3) is 0.458. The van der Waals surface area contributed by atoms with Gasteiger partial charge in [0.2, 0.25) is 0 Å². The Labute approximate surface area is 196 Å². The highest BCUT2D eigenvalue weighted by atomic mass is 32.1. The topological polar surface area (TPSA) is 85.5 Å². The molecule has 1 fully saturated rings. The standard InChI is InChI=1S/C24H28N6O2S/c1-14-8-18(28-30-12-15(2)26-21(14)30)20-11-25-19-10-17(33-22(19)27-20)9-16-6-7-29(13-16)23(31)32-24(3,4)5/h8,10-12,16H,6-7,9,13H2,1-5H3. The maximum atomic E-state index is 12.4. The lowest BCUT2D eigenvalue weighted by Crippen LogP contribution is -2.35. The highest BCUT2D eigenvalue weighted by molar-refractivity contribution is 7.18. The van der Waals surface area contributed by atoms with Crippen LogP contribution in [0.1, 0.15) is 43.3 Å². The van der Waals surface area contributed by atoms with E-state index < -0.39 is 5.60 Å². The van der Waals surface area contributed by atoms with Crippen molar-refractivity contribution in [2.24, 2.45) is 5.92 Å². The van der Waals surface area contributed by atoms with E-state index in [1.165, 1.54) is 4.88 Å². The summed E-state index contributed by atoms with van der Waals surface area (Å²) in [4.78, 5) is 30.3. The van der Waals surface area contributed by atoms with Gasteiger partial charge in [0.1, 0.15) is 27.3 Å². The van der Waals surface area contributed by atoms with Gasteiger partial charge in [-0.15, -0.1) is 11.3 Å². The Kier molecular flexibility index (Phi) is 5.31. The van der Waals surface area contributed by atoms with Gasteiger partial charge in [-0.25, -0.2) is 19.3 Å². The molecule has 4 aromatic heterocycles. The number of thiophene rings is 1. The van der Waals surface area contributed by atoms with Gasteiger partial charge in [-0.2, -0.15) is 5.10 Å². The van der Waals surface area contributed by atoms with Gasteiger partial charge in [0.15, 0.2) is 5.65 Å². The van der Waals surface area contributed by atoms with Crippen molar-refractivity contribution in [3.63, 3.8) is 0 Å². The molecule has 1 aliphatic rings. The average molecular weight is 465 g/mol. The molecule has 5 rings (SSSR count). The summed E-state index contributed by atoms with van der Waals surface area (Å²) in [5, 5.41) is 4.68. The molecule has 5 heterocycles. The minimum Gasteiger partial charge on any atom is -0.444 e. The predicted octanol–water partition coefficient (Wildman–Crippen LogP) is 4.82. The van der Waals surface area contributed by atoms with Gasteiger partial charge >= 0.3 is 6.09 Å². The second kappa shape index (κ2) is 8.06. The molecule has 1 saturated heterocycles. The van der Waals surface area contributed by atoms with Crippen molar-refractivity contribution in [3.05, 3.63) is 40.7 Å². The number of ether oxygens (including phenoxy) is 1. The minimum atomic E-state index is -0.468. The molecule has 0 spiro atoms. The molecule has 0 saturated carbocycles. The Bertz CT molecular complexity index is 1350. The second-order valence-electron chi connectivity index (χ2n) is 9.81. The number of imidazole rings is 1. The molecule has 4 aromatic rings. The molecule has 33 heavy (non-hydrogen) atoms. The van der Waals surface area contributed by atoms with Crippen LogP contribution in [0.2, 0.25) is 0 Å². The molecule has 0 bridgehead atoms. The van der Waals surface area contributed by atoms with Gasteiger partial charge in [0.05, 0.1) is 18.1 Å². The molecule has 9 heteroatoms. The summed E-state index contributed by atoms with van der Waals surface area (Å²) in [7, 11) is 0. The summed E-state index contributed by atoms with van der Waals surface area (Å²) < 4.78 is 7.33. The summed E-state index contributed by atoms with van der Waals surface area (Å²) in [6.07, 6.45) is 5.38. The summed E-state index contributed by atoms with van der Waals surface area (Å²) >= 11 is 1.67. The minimum absolute atomic E-state index is 0.220. The smallest absolute Gasteiger partial charge is 0.410 e. The van der Waals surface area contributed by atoms with E-state index >= 15 is 0 Å². The summed E-state index contributed by atoms with van der Waals surface area (Å²) in [5.41, 5.74) is 4.82. The Morgan fingerprint density at radius 1 is 1.21 bits per heavy atom. The van der Waals surface area contributed by atoms with Gasteiger partial charge in [-0.1, -0.05) is 0 Å². The zero-order chi connectivity index (χ0) is 23.3. The average Bonchev–Trinajstić information content (AvgIpc) is 3.43. The zero-order valence-corrected chi connectivity index (χ0v) is 20.4. The van der Waals surface area contributed by atoms with Crippen molar-refractivity contribution in [3.8, 4) is 11.4 Å². The number of hydrogen-bond donors (Lipinski definition) is 0. The van der Waals surface area contributed by atoms with Crippen molar-refractivity contribution in [1.29, 1.82) is 0 Å². The van der Waals surface area contributed by atoms with Gasteiger partial charge < -0.3 is 9.64 Å². The Balaban J connectivity index is 1.33. The highest BCUT2D eigenvalue weighted by Gasteiger charge is 2.30. The van der Waals surface area contributed by atoms with Gasteiger partial charge in [-0.3, -0.25) is 4.98 Å². The van der Waals surface area contributed by atoms with E-state index in [-0.39, 0.29) is 6.09 Å². The summed E-state index contributed by atoms with van der Waals surface area (Å²) in [6, 6.07) is 4.13. The zero-order valence-electron chi connectivity index (χ0n) is 19.6. The first kappa shape index (κ1) is 21.8. The maximum Gasteiger partial charge on any atom is 0.410 e. The summed E-state index contributed by atoms with van der Waals surface area (Å²) in [5.74, 6) is 0.418. The van der Waals surface area contributed by atoms with Crippen LogP contribution in [0.5, 0.6) is 0 Å². The van der Waals surface area contributed by atoms with Crippen molar-refractivity contribution in [2.75, 3.05) is 13.1 Å². The normalized spacial score (nSPS) is 16.8. The van der Waals surface area contributed by atoms with Crippen LogP contribution in [-0.2, 0) is 11.2 Å². The second-order valence-corrected chi connectivity index (χ2v) is 10.9. The molecule has 0 aliphatic carbocycles. The van der Waals surface area contributed by atoms with Crippen molar-refractivity contribution >= 4 is 33.4 Å². The number of hydrogen-bond acceptors (Lipinski definition) is 7. The third kappa shape index (κ3) is 4.55. The van der Waals surface area contributed by atoms with E-state index in [0.717, 1.165) is 64.6 Å². The Morgan fingerprint density at radius 3 is 2.82 bits per heavy atom. The number of aryl methyl sites for hydroxylation is 2. The van der Waals surface area contributed by atoms with Crippen LogP contribution in [-0.4, -0.2) is 54.2 Å². The lowest BCUT2D eigenvalue weighted by molar-refractivity contribution is 0.0288. The predicted molar refractivity (Wildman–Crippen MR) is 128 cm³/mol. The fourth-order valence-corrected chi connectivity index (χ4v) is 5.33. The highest BCUT2D eigenvalue weighted by Crippen LogP contribution is 2.30. The first-order valence-corrected chi connectivity index (χ1v) is 12.0. The van der Waals surface area contributed by atoms with Gasteiger partial charge in [-0.05, 0) is 71.1 Å². The Morgan fingerprint density at radius 2 is 2.03 bits per heavy atom. The first-order chi connectivity index (χ1) is 15.6. The molecule has 8 nitrogen and oxygen atoms in total. The molecule has 0 aromatic carbocycles. The van der Waals surface area contributed by atoms with Crippen molar-refractivity contribution in [1.82, 2.24) is 29.5 Å². The van der Waals surface area contributed by atoms with Crippen LogP contribution in [0.4, 0.5) is 4.79 Å². The molecular weight excluding hydrogens is 436 g/mol. The van der Waals surface area contributed by atoms with E-state index in [9.17, 15) is 4.79 Å². The molecule has 1 atom stereocenters. The van der Waals surface area contributed by atoms with Crippen LogP contribution < -0.4 is 0 Å². The number of aromatic nitrogens is 5. The van der Waals surface area contributed by atoms with E-state index in [1.807, 2.05) is 56.3 Å². The lowest BCUT2D eigenvalue weighted by Gasteiger charge is -2.24. The van der Waals surface area contributed by atoms with Gasteiger partial charge in [0.25, 0.3) is 0 Å². The number of rotatable bonds is 3. The van der Waals surface area contributed by atoms with Crippen LogP contribution in [0.15, 0.2) is 24.5 Å². The van der Waals surface area contributed by atoms with E-state index in [4.69, 9.17) is 9.72 Å². The SMILES string of the molecule is Cc1cn2nc(-c3cnc4cc(CC5CCN(C(=O)OC(C)(C)C)C5)sc4n3)cc(C)c2n1. The molecule has 1 unspecified atom stereocenters. The van der Waals surface area contributed by atoms with Crippen LogP contribution in [0, 0.1) is 19.8 Å². The third-order valence-electron chi connectivity index (χ3n) is 5.71. The third-order valence-corrected chi connectivity index (χ3v) is 6.75. The van der Waals surface area contributed by atoms with Crippen LogP contribution in [0.3, 0.4) is 0 Å². The number of carbonyl (C=O) groups is 1. The fourth-order valence-electron chi connectivity index (χ4n) is 4.23. The molecule has 172 valence electrons. The quantitative estimate of drug-likeness (QED) is 0.432. The number of nitrogens with zero attached hydrogens (tertiary/aromatic N) is 6. The van der Waals surface area contributed by atoms with E-state index in [0.29, 0.717) is 5.92 Å². The number of likely N-dealkylation sites (tertiary alicyclic amines) is 1. The monoisotopic (exact) mass is 464 g/mol. The molecule has 0 N–H and O–H groups in total. The number of carbonyl (C=O) groups excluding carboxylic acids is 1. The van der Waals surface area contributed by atoms with Crippen LogP contribution in [0.25, 0.3) is 27.4 Å². The summed E-state index contributed by atoms with van der Waals surface area (Å²) in [6.45, 7) is 11.2.